The van der Waals surface area contributed by atoms with Crippen LogP contribution in [0.2, 0.25) is 0 Å². The highest BCUT2D eigenvalue weighted by atomic mass is 32.2. The van der Waals surface area contributed by atoms with E-state index in [2.05, 4.69) is 5.10 Å². The molecule has 0 radical (unpaired) electrons. The average Bonchev–Trinajstić information content (AvgIpc) is 3.26. The van der Waals surface area contributed by atoms with Crippen molar-refractivity contribution in [3.63, 3.8) is 0 Å². The van der Waals surface area contributed by atoms with Crippen molar-refractivity contribution >= 4 is 27.6 Å². The minimum atomic E-state index is -3.18. The molecule has 1 saturated heterocycles. The van der Waals surface area contributed by atoms with Gasteiger partial charge in [0.05, 0.1) is 35.1 Å². The Bertz CT molecular complexity index is 1130. The van der Waals surface area contributed by atoms with Crippen LogP contribution < -0.4 is 5.56 Å². The zero-order chi connectivity index (χ0) is 20.1. The zero-order valence-electron chi connectivity index (χ0n) is 14.5. The van der Waals surface area contributed by atoms with Crippen molar-refractivity contribution in [3.8, 4) is 0 Å². The maximum atomic E-state index is 12.2. The van der Waals surface area contributed by atoms with Gasteiger partial charge >= 0.3 is 5.97 Å². The first-order valence-corrected chi connectivity index (χ1v) is 10.3. The van der Waals surface area contributed by atoms with Gasteiger partial charge in [-0.3, -0.25) is 19.5 Å². The van der Waals surface area contributed by atoms with Gasteiger partial charge in [0.15, 0.2) is 9.84 Å². The lowest BCUT2D eigenvalue weighted by Crippen LogP contribution is -2.33. The van der Waals surface area contributed by atoms with E-state index in [1.165, 1.54) is 16.8 Å². The number of carbonyl (C=O) groups excluding carboxylic acids is 3. The fourth-order valence-corrected chi connectivity index (χ4v) is 5.04. The smallest absolute Gasteiger partial charge is 0.329 e. The molecule has 1 N–H and O–H groups in total. The third-order valence-corrected chi connectivity index (χ3v) is 6.41. The van der Waals surface area contributed by atoms with Gasteiger partial charge in [0, 0.05) is 11.8 Å². The number of benzene rings is 1. The Morgan fingerprint density at radius 2 is 1.79 bits per heavy atom. The highest BCUT2D eigenvalue weighted by Gasteiger charge is 2.38. The molecule has 1 aromatic carbocycles. The Hall–Kier alpha value is -3.21. The van der Waals surface area contributed by atoms with Gasteiger partial charge in [-0.05, 0) is 18.6 Å². The number of nitrogens with one attached hydrogen (secondary N) is 1. The first kappa shape index (κ1) is 18.2. The molecule has 0 spiro atoms. The monoisotopic (exact) mass is 405 g/mol. The fraction of sp³-hybridized carbons (Fsp3) is 0.294. The number of hydrogen-bond donors (Lipinski definition) is 1. The first-order valence-electron chi connectivity index (χ1n) is 8.44. The number of H-pyrrole nitrogens is 1. The van der Waals surface area contributed by atoms with Gasteiger partial charge in [0.25, 0.3) is 17.4 Å². The summed E-state index contributed by atoms with van der Waals surface area (Å²) in [6.07, 6.45) is -0.0865. The lowest BCUT2D eigenvalue weighted by atomic mass is 10.1. The van der Waals surface area contributed by atoms with Crippen LogP contribution in [0.25, 0.3) is 0 Å². The van der Waals surface area contributed by atoms with Gasteiger partial charge in [-0.2, -0.15) is 0 Å². The summed E-state index contributed by atoms with van der Waals surface area (Å²) >= 11 is 0. The number of sulfone groups is 1. The molecule has 2 amide bonds. The minimum absolute atomic E-state index is 0.000242. The van der Waals surface area contributed by atoms with Crippen molar-refractivity contribution in [2.75, 3.05) is 11.5 Å². The van der Waals surface area contributed by atoms with Crippen LogP contribution in [0.4, 0.5) is 0 Å². The van der Waals surface area contributed by atoms with E-state index >= 15 is 0 Å². The van der Waals surface area contributed by atoms with E-state index in [9.17, 15) is 27.6 Å². The van der Waals surface area contributed by atoms with Crippen LogP contribution in [0.3, 0.4) is 0 Å². The van der Waals surface area contributed by atoms with Crippen molar-refractivity contribution in [1.82, 2.24) is 14.8 Å². The topological polar surface area (TPSA) is 136 Å². The lowest BCUT2D eigenvalue weighted by Gasteiger charge is -2.12. The summed E-state index contributed by atoms with van der Waals surface area (Å²) in [6.45, 7) is 0. The molecule has 4 rings (SSSR count). The first-order chi connectivity index (χ1) is 13.2. The molecule has 10 nitrogen and oxygen atoms in total. The van der Waals surface area contributed by atoms with E-state index in [1.807, 2.05) is 0 Å². The van der Waals surface area contributed by atoms with Crippen molar-refractivity contribution in [2.45, 2.75) is 18.9 Å². The van der Waals surface area contributed by atoms with Crippen LogP contribution in [-0.2, 0) is 25.9 Å². The lowest BCUT2D eigenvalue weighted by molar-refractivity contribution is -0.167. The Morgan fingerprint density at radius 1 is 1.14 bits per heavy atom. The summed E-state index contributed by atoms with van der Waals surface area (Å²) in [7, 11) is -3.18. The maximum absolute atomic E-state index is 12.2. The van der Waals surface area contributed by atoms with E-state index < -0.39 is 45.6 Å². The number of hydrogen-bond acceptors (Lipinski definition) is 7. The van der Waals surface area contributed by atoms with Gasteiger partial charge in [-0.25, -0.2) is 17.9 Å². The molecule has 0 bridgehead atoms. The Balaban J connectivity index is 1.46. The second kappa shape index (κ2) is 6.44. The number of nitrogens with zero attached hydrogens (tertiary/aromatic N) is 2. The van der Waals surface area contributed by atoms with Crippen molar-refractivity contribution in [3.05, 3.63) is 57.5 Å². The van der Waals surface area contributed by atoms with E-state index in [1.54, 1.807) is 12.1 Å². The summed E-state index contributed by atoms with van der Waals surface area (Å²) in [5.41, 5.74) is 0.00569. The zero-order valence-corrected chi connectivity index (χ0v) is 15.3. The molecule has 2 aliphatic heterocycles. The molecule has 2 aromatic rings. The van der Waals surface area contributed by atoms with Crippen molar-refractivity contribution in [1.29, 1.82) is 0 Å². The van der Waals surface area contributed by atoms with E-state index in [-0.39, 0.29) is 28.3 Å². The highest BCUT2D eigenvalue weighted by molar-refractivity contribution is 7.91. The number of imide groups is 1. The van der Waals surface area contributed by atoms with E-state index in [0.29, 0.717) is 11.5 Å². The number of aromatic nitrogens is 2. The molecule has 0 saturated carbocycles. The fourth-order valence-electron chi connectivity index (χ4n) is 3.34. The van der Waals surface area contributed by atoms with Crippen LogP contribution in [0.15, 0.2) is 35.1 Å². The third kappa shape index (κ3) is 3.13. The standard InChI is InChI=1S/C17H15N3O7S/c21-14-7-10(18-19(14)11-5-6-28(25,26)9-11)8-15(22)27-20-16(23)12-3-1-2-4-13(12)17(20)24/h1-4,7,11,18H,5-6,8-9H2. The van der Waals surface area contributed by atoms with Crippen LogP contribution >= 0.6 is 0 Å². The second-order valence-corrected chi connectivity index (χ2v) is 8.87. The summed E-state index contributed by atoms with van der Waals surface area (Å²) in [4.78, 5) is 53.5. The molecule has 1 fully saturated rings. The number of aromatic amines is 1. The number of amides is 2. The van der Waals surface area contributed by atoms with Crippen molar-refractivity contribution in [2.24, 2.45) is 0 Å². The molecule has 3 heterocycles. The molecule has 0 aliphatic carbocycles. The number of rotatable bonds is 4. The molecule has 1 aromatic heterocycles. The van der Waals surface area contributed by atoms with Gasteiger partial charge in [0.1, 0.15) is 0 Å². The quantitative estimate of drug-likeness (QED) is 0.698. The molecule has 1 atom stereocenters. The summed E-state index contributed by atoms with van der Waals surface area (Å²) in [6, 6.07) is 6.73. The molecule has 2 aliphatic rings. The van der Waals surface area contributed by atoms with Crippen LogP contribution in [-0.4, -0.2) is 52.6 Å². The predicted octanol–water partition coefficient (Wildman–Crippen LogP) is -0.167. The highest BCUT2D eigenvalue weighted by Crippen LogP contribution is 2.23. The Morgan fingerprint density at radius 3 is 2.36 bits per heavy atom. The SMILES string of the molecule is O=C(Cc1cc(=O)n(C2CCS(=O)(=O)C2)[nH]1)ON1C(=O)c2ccccc2C1=O. The van der Waals surface area contributed by atoms with Gasteiger partial charge in [-0.15, -0.1) is 0 Å². The Kier molecular flexibility index (Phi) is 4.18. The van der Waals surface area contributed by atoms with E-state index in [0.717, 1.165) is 6.07 Å². The molecular formula is C17H15N3O7S. The average molecular weight is 405 g/mol. The minimum Gasteiger partial charge on any atom is -0.329 e. The Labute approximate surface area is 158 Å². The summed E-state index contributed by atoms with van der Waals surface area (Å²) in [5.74, 6) is -2.54. The van der Waals surface area contributed by atoms with E-state index in [4.69, 9.17) is 4.84 Å². The molecule has 146 valence electrons. The molecule has 11 heteroatoms. The third-order valence-electron chi connectivity index (χ3n) is 4.66. The molecule has 28 heavy (non-hydrogen) atoms. The van der Waals surface area contributed by atoms with Gasteiger partial charge < -0.3 is 4.84 Å². The predicted molar refractivity (Wildman–Crippen MR) is 94.1 cm³/mol. The maximum Gasteiger partial charge on any atom is 0.339 e. The largest absolute Gasteiger partial charge is 0.339 e. The molecule has 1 unspecified atom stereocenters. The van der Waals surface area contributed by atoms with Crippen LogP contribution in [0.5, 0.6) is 0 Å². The van der Waals surface area contributed by atoms with Gasteiger partial charge in [-0.1, -0.05) is 17.2 Å². The van der Waals surface area contributed by atoms with Crippen LogP contribution in [0, 0.1) is 0 Å². The normalized spacial score (nSPS) is 20.4. The van der Waals surface area contributed by atoms with Crippen LogP contribution in [0.1, 0.15) is 38.9 Å². The second-order valence-electron chi connectivity index (χ2n) is 6.64. The number of carbonyl (C=O) groups is 3. The van der Waals surface area contributed by atoms with Gasteiger partial charge in [0.2, 0.25) is 0 Å². The molecular weight excluding hydrogens is 390 g/mol. The summed E-state index contributed by atoms with van der Waals surface area (Å²) < 4.78 is 24.3. The number of hydroxylamine groups is 2. The van der Waals surface area contributed by atoms with Crippen molar-refractivity contribution < 1.29 is 27.6 Å². The summed E-state index contributed by atoms with van der Waals surface area (Å²) in [5, 5.41) is 3.10. The number of fused-ring (bicyclic) bond motifs is 1.